The van der Waals surface area contributed by atoms with E-state index in [2.05, 4.69) is 6.58 Å². The number of hydrogen-bond donors (Lipinski definition) is 0. The first-order valence-electron chi connectivity index (χ1n) is 3.11. The summed E-state index contributed by atoms with van der Waals surface area (Å²) in [5.41, 5.74) is -0.858. The molecule has 0 bridgehead atoms. The Kier molecular flexibility index (Phi) is 1.92. The third-order valence-electron chi connectivity index (χ3n) is 1.39. The van der Waals surface area contributed by atoms with E-state index in [0.29, 0.717) is 6.08 Å². The van der Waals surface area contributed by atoms with Crippen LogP contribution in [0, 0.1) is 0 Å². The minimum atomic E-state index is -4.45. The SMILES string of the molecule is C=C1C=CC(C(F)(F)F)=CC1=O. The molecule has 0 saturated heterocycles. The highest BCUT2D eigenvalue weighted by Crippen LogP contribution is 2.29. The summed E-state index contributed by atoms with van der Waals surface area (Å²) in [7, 11) is 0. The number of carbonyl (C=O) groups excluding carboxylic acids is 1. The maximum absolute atomic E-state index is 11.9. The van der Waals surface area contributed by atoms with Crippen LogP contribution in [0.3, 0.4) is 0 Å². The van der Waals surface area contributed by atoms with Crippen LogP contribution in [-0.2, 0) is 4.79 Å². The highest BCUT2D eigenvalue weighted by atomic mass is 19.4. The fourth-order valence-corrected chi connectivity index (χ4v) is 0.731. The normalized spacial score (nSPS) is 18.1. The van der Waals surface area contributed by atoms with E-state index in [-0.39, 0.29) is 5.57 Å². The molecule has 0 aliphatic heterocycles. The number of carbonyl (C=O) groups is 1. The van der Waals surface area contributed by atoms with Crippen LogP contribution in [0.15, 0.2) is 36.0 Å². The van der Waals surface area contributed by atoms with Gasteiger partial charge in [-0.15, -0.1) is 0 Å². The van der Waals surface area contributed by atoms with E-state index in [9.17, 15) is 18.0 Å². The van der Waals surface area contributed by atoms with Gasteiger partial charge in [0.25, 0.3) is 0 Å². The van der Waals surface area contributed by atoms with Crippen molar-refractivity contribution in [3.8, 4) is 0 Å². The lowest BCUT2D eigenvalue weighted by Crippen LogP contribution is -2.14. The van der Waals surface area contributed by atoms with Gasteiger partial charge in [0, 0.05) is 5.57 Å². The Morgan fingerprint density at radius 2 is 1.83 bits per heavy atom. The van der Waals surface area contributed by atoms with Gasteiger partial charge in [-0.1, -0.05) is 12.7 Å². The number of ketones is 1. The summed E-state index contributed by atoms with van der Waals surface area (Å²) in [6.07, 6.45) is -2.01. The van der Waals surface area contributed by atoms with Crippen LogP contribution >= 0.6 is 0 Å². The molecular weight excluding hydrogens is 169 g/mol. The van der Waals surface area contributed by atoms with Crippen LogP contribution < -0.4 is 0 Å². The summed E-state index contributed by atoms with van der Waals surface area (Å²) >= 11 is 0. The van der Waals surface area contributed by atoms with E-state index >= 15 is 0 Å². The van der Waals surface area contributed by atoms with Crippen LogP contribution in [0.1, 0.15) is 0 Å². The molecule has 0 radical (unpaired) electrons. The minimum absolute atomic E-state index is 0.0722. The zero-order chi connectivity index (χ0) is 9.35. The summed E-state index contributed by atoms with van der Waals surface area (Å²) in [4.78, 5) is 10.7. The van der Waals surface area contributed by atoms with Gasteiger partial charge in [-0.25, -0.2) is 0 Å². The van der Waals surface area contributed by atoms with Crippen molar-refractivity contribution in [2.24, 2.45) is 0 Å². The molecule has 0 aromatic rings. The van der Waals surface area contributed by atoms with Gasteiger partial charge >= 0.3 is 6.18 Å². The first kappa shape index (κ1) is 8.77. The van der Waals surface area contributed by atoms with Gasteiger partial charge in [-0.05, 0) is 12.2 Å². The molecule has 1 nitrogen and oxygen atoms in total. The maximum atomic E-state index is 11.9. The summed E-state index contributed by atoms with van der Waals surface area (Å²) in [5, 5.41) is 0. The van der Waals surface area contributed by atoms with E-state index in [1.54, 1.807) is 0 Å². The quantitative estimate of drug-likeness (QED) is 0.514. The third-order valence-corrected chi connectivity index (χ3v) is 1.39. The molecule has 0 N–H and O–H groups in total. The minimum Gasteiger partial charge on any atom is -0.289 e. The van der Waals surface area contributed by atoms with E-state index in [0.717, 1.165) is 12.2 Å². The highest BCUT2D eigenvalue weighted by Gasteiger charge is 2.33. The Hall–Kier alpha value is -1.32. The summed E-state index contributed by atoms with van der Waals surface area (Å²) in [5.74, 6) is -0.690. The molecule has 1 aliphatic rings. The number of hydrogen-bond acceptors (Lipinski definition) is 1. The largest absolute Gasteiger partial charge is 0.416 e. The number of rotatable bonds is 0. The van der Waals surface area contributed by atoms with Crippen molar-refractivity contribution in [3.63, 3.8) is 0 Å². The Morgan fingerprint density at radius 1 is 1.25 bits per heavy atom. The van der Waals surface area contributed by atoms with Gasteiger partial charge in [0.05, 0.1) is 5.57 Å². The Morgan fingerprint density at radius 3 is 2.25 bits per heavy atom. The molecule has 12 heavy (non-hydrogen) atoms. The molecular formula is C8H5F3O. The molecule has 0 heterocycles. The molecule has 0 saturated carbocycles. The van der Waals surface area contributed by atoms with Crippen molar-refractivity contribution in [1.29, 1.82) is 0 Å². The van der Waals surface area contributed by atoms with Crippen LogP contribution in [0.4, 0.5) is 13.2 Å². The predicted octanol–water partition coefficient (Wildman–Crippen LogP) is 2.17. The first-order chi connectivity index (χ1) is 5.41. The Balaban J connectivity index is 2.99. The molecule has 0 aromatic heterocycles. The van der Waals surface area contributed by atoms with Gasteiger partial charge in [-0.3, -0.25) is 4.79 Å². The lowest BCUT2D eigenvalue weighted by atomic mass is 10.0. The maximum Gasteiger partial charge on any atom is 0.416 e. The molecule has 4 heteroatoms. The number of alkyl halides is 3. The molecule has 0 aromatic carbocycles. The first-order valence-corrected chi connectivity index (χ1v) is 3.11. The van der Waals surface area contributed by atoms with Crippen molar-refractivity contribution >= 4 is 5.78 Å². The summed E-state index contributed by atoms with van der Waals surface area (Å²) < 4.78 is 35.8. The van der Waals surface area contributed by atoms with E-state index in [1.165, 1.54) is 0 Å². The standard InChI is InChI=1S/C8H5F3O/c1-5-2-3-6(4-7(5)12)8(9,10)11/h2-4H,1H2. The summed E-state index contributed by atoms with van der Waals surface area (Å²) in [6.45, 7) is 3.26. The van der Waals surface area contributed by atoms with Gasteiger partial charge < -0.3 is 0 Å². The number of allylic oxidation sites excluding steroid dienone is 5. The zero-order valence-corrected chi connectivity index (χ0v) is 5.98. The van der Waals surface area contributed by atoms with Crippen LogP contribution in [-0.4, -0.2) is 12.0 Å². The van der Waals surface area contributed by atoms with Crippen molar-refractivity contribution in [1.82, 2.24) is 0 Å². The fourth-order valence-electron chi connectivity index (χ4n) is 0.731. The van der Waals surface area contributed by atoms with Gasteiger partial charge in [0.1, 0.15) is 0 Å². The third kappa shape index (κ3) is 1.64. The fraction of sp³-hybridized carbons (Fsp3) is 0.125. The van der Waals surface area contributed by atoms with Crippen molar-refractivity contribution in [2.45, 2.75) is 6.18 Å². The Labute approximate surface area is 66.9 Å². The van der Waals surface area contributed by atoms with Crippen molar-refractivity contribution in [3.05, 3.63) is 36.0 Å². The van der Waals surface area contributed by atoms with Crippen LogP contribution in [0.5, 0.6) is 0 Å². The molecule has 0 unspecified atom stereocenters. The second-order valence-electron chi connectivity index (χ2n) is 2.32. The number of halogens is 3. The second-order valence-corrected chi connectivity index (χ2v) is 2.32. The smallest absolute Gasteiger partial charge is 0.289 e. The Bertz CT molecular complexity index is 294. The van der Waals surface area contributed by atoms with Crippen LogP contribution in [0.25, 0.3) is 0 Å². The molecule has 0 amide bonds. The van der Waals surface area contributed by atoms with Crippen molar-refractivity contribution in [2.75, 3.05) is 0 Å². The molecule has 64 valence electrons. The molecule has 0 spiro atoms. The van der Waals surface area contributed by atoms with Crippen LogP contribution in [0.2, 0.25) is 0 Å². The monoisotopic (exact) mass is 174 g/mol. The second kappa shape index (κ2) is 2.62. The molecule has 0 fully saturated rings. The zero-order valence-electron chi connectivity index (χ0n) is 5.98. The van der Waals surface area contributed by atoms with E-state index in [4.69, 9.17) is 0 Å². The average molecular weight is 174 g/mol. The topological polar surface area (TPSA) is 17.1 Å². The predicted molar refractivity (Wildman–Crippen MR) is 37.4 cm³/mol. The van der Waals surface area contributed by atoms with Gasteiger partial charge in [0.15, 0.2) is 5.78 Å². The van der Waals surface area contributed by atoms with Gasteiger partial charge in [0.2, 0.25) is 0 Å². The molecule has 0 atom stereocenters. The lowest BCUT2D eigenvalue weighted by molar-refractivity contribution is -0.112. The average Bonchev–Trinajstić information content (AvgIpc) is 1.92. The summed E-state index contributed by atoms with van der Waals surface area (Å²) in [6, 6.07) is 0. The van der Waals surface area contributed by atoms with E-state index in [1.807, 2.05) is 0 Å². The van der Waals surface area contributed by atoms with Crippen molar-refractivity contribution < 1.29 is 18.0 Å². The van der Waals surface area contributed by atoms with Gasteiger partial charge in [-0.2, -0.15) is 13.2 Å². The van der Waals surface area contributed by atoms with E-state index < -0.39 is 17.5 Å². The highest BCUT2D eigenvalue weighted by molar-refractivity contribution is 6.07. The molecule has 1 rings (SSSR count). The lowest BCUT2D eigenvalue weighted by Gasteiger charge is -2.10. The molecule has 1 aliphatic carbocycles.